The van der Waals surface area contributed by atoms with Gasteiger partial charge in [-0.25, -0.2) is 0 Å². The van der Waals surface area contributed by atoms with Crippen LogP contribution < -0.4 is 5.32 Å². The molecule has 0 bridgehead atoms. The number of nitrogens with zero attached hydrogens (tertiary/aromatic N) is 2. The van der Waals surface area contributed by atoms with E-state index in [-0.39, 0.29) is 0 Å². The molecule has 14 heavy (non-hydrogen) atoms. The Labute approximate surface area is 85.8 Å². The molecule has 0 spiro atoms. The topological polar surface area (TPSA) is 29.9 Å². The standard InChI is InChI=1S/C11H19N3/c1-4-6-14-7-5-11(13-14)9-12-8-10(2)3/h4-5,7,10,12H,1,6,8-9H2,2-3H3. The van der Waals surface area contributed by atoms with Gasteiger partial charge >= 0.3 is 0 Å². The molecule has 3 nitrogen and oxygen atoms in total. The average molecular weight is 193 g/mol. The Kier molecular flexibility index (Phi) is 4.40. The Hall–Kier alpha value is -1.09. The Balaban J connectivity index is 2.32. The van der Waals surface area contributed by atoms with Crippen molar-refractivity contribution in [2.45, 2.75) is 26.9 Å². The summed E-state index contributed by atoms with van der Waals surface area (Å²) in [4.78, 5) is 0. The number of allylic oxidation sites excluding steroid dienone is 1. The van der Waals surface area contributed by atoms with Gasteiger partial charge in [0.25, 0.3) is 0 Å². The molecule has 0 unspecified atom stereocenters. The third-order valence-electron chi connectivity index (χ3n) is 1.87. The summed E-state index contributed by atoms with van der Waals surface area (Å²) >= 11 is 0. The lowest BCUT2D eigenvalue weighted by Crippen LogP contribution is -2.19. The van der Waals surface area contributed by atoms with Crippen LogP contribution in [0.25, 0.3) is 0 Å². The quantitative estimate of drug-likeness (QED) is 0.698. The molecule has 0 aliphatic carbocycles. The summed E-state index contributed by atoms with van der Waals surface area (Å²) in [5, 5.41) is 7.73. The van der Waals surface area contributed by atoms with Gasteiger partial charge in [0.05, 0.1) is 12.2 Å². The summed E-state index contributed by atoms with van der Waals surface area (Å²) < 4.78 is 1.89. The molecule has 1 rings (SSSR count). The summed E-state index contributed by atoms with van der Waals surface area (Å²) in [6.45, 7) is 10.7. The highest BCUT2D eigenvalue weighted by molar-refractivity contribution is 4.98. The Morgan fingerprint density at radius 3 is 3.07 bits per heavy atom. The first-order valence-corrected chi connectivity index (χ1v) is 5.06. The maximum atomic E-state index is 4.38. The number of nitrogens with one attached hydrogen (secondary N) is 1. The van der Waals surface area contributed by atoms with Crippen molar-refractivity contribution in [1.29, 1.82) is 0 Å². The van der Waals surface area contributed by atoms with Crippen LogP contribution in [-0.4, -0.2) is 16.3 Å². The van der Waals surface area contributed by atoms with Crippen LogP contribution in [-0.2, 0) is 13.1 Å². The van der Waals surface area contributed by atoms with Crippen LogP contribution in [0.15, 0.2) is 24.9 Å². The van der Waals surface area contributed by atoms with Crippen molar-refractivity contribution < 1.29 is 0 Å². The maximum absolute atomic E-state index is 4.38. The summed E-state index contributed by atoms with van der Waals surface area (Å²) in [7, 11) is 0. The normalized spacial score (nSPS) is 10.8. The lowest BCUT2D eigenvalue weighted by molar-refractivity contribution is 0.543. The van der Waals surface area contributed by atoms with Crippen molar-refractivity contribution in [2.75, 3.05) is 6.54 Å². The molecule has 0 fully saturated rings. The van der Waals surface area contributed by atoms with Gasteiger partial charge in [0.2, 0.25) is 0 Å². The van der Waals surface area contributed by atoms with Gasteiger partial charge in [0.15, 0.2) is 0 Å². The predicted molar refractivity (Wildman–Crippen MR) is 59.0 cm³/mol. The average Bonchev–Trinajstić information content (AvgIpc) is 2.53. The second-order valence-corrected chi connectivity index (χ2v) is 3.84. The van der Waals surface area contributed by atoms with Gasteiger partial charge in [-0.05, 0) is 18.5 Å². The van der Waals surface area contributed by atoms with Gasteiger partial charge in [0, 0.05) is 12.7 Å². The molecule has 78 valence electrons. The van der Waals surface area contributed by atoms with E-state index >= 15 is 0 Å². The van der Waals surface area contributed by atoms with Crippen molar-refractivity contribution in [3.63, 3.8) is 0 Å². The molecule has 1 N–H and O–H groups in total. The summed E-state index contributed by atoms with van der Waals surface area (Å²) in [5.41, 5.74) is 1.09. The van der Waals surface area contributed by atoms with Crippen LogP contribution >= 0.6 is 0 Å². The minimum absolute atomic E-state index is 0.685. The number of hydrogen-bond acceptors (Lipinski definition) is 2. The predicted octanol–water partition coefficient (Wildman–Crippen LogP) is 1.81. The second-order valence-electron chi connectivity index (χ2n) is 3.84. The van der Waals surface area contributed by atoms with Gasteiger partial charge in [-0.2, -0.15) is 5.10 Å². The molecule has 0 aliphatic heterocycles. The van der Waals surface area contributed by atoms with Crippen LogP contribution in [0, 0.1) is 5.92 Å². The zero-order valence-corrected chi connectivity index (χ0v) is 9.03. The maximum Gasteiger partial charge on any atom is 0.0762 e. The minimum Gasteiger partial charge on any atom is -0.311 e. The van der Waals surface area contributed by atoms with Crippen molar-refractivity contribution in [3.8, 4) is 0 Å². The largest absolute Gasteiger partial charge is 0.311 e. The minimum atomic E-state index is 0.685. The van der Waals surface area contributed by atoms with E-state index in [0.29, 0.717) is 5.92 Å². The lowest BCUT2D eigenvalue weighted by atomic mass is 10.2. The fourth-order valence-corrected chi connectivity index (χ4v) is 1.22. The molecular weight excluding hydrogens is 174 g/mol. The van der Waals surface area contributed by atoms with E-state index in [4.69, 9.17) is 0 Å². The van der Waals surface area contributed by atoms with Gasteiger partial charge in [-0.3, -0.25) is 4.68 Å². The zero-order chi connectivity index (χ0) is 10.4. The molecule has 1 aromatic rings. The Morgan fingerprint density at radius 1 is 1.64 bits per heavy atom. The van der Waals surface area contributed by atoms with E-state index in [1.165, 1.54) is 0 Å². The molecule has 0 saturated carbocycles. The van der Waals surface area contributed by atoms with E-state index in [1.807, 2.05) is 23.0 Å². The molecule has 0 amide bonds. The summed E-state index contributed by atoms with van der Waals surface area (Å²) in [6, 6.07) is 2.04. The first kappa shape index (κ1) is 11.0. The highest BCUT2D eigenvalue weighted by Crippen LogP contribution is 1.96. The molecule has 0 saturated heterocycles. The van der Waals surface area contributed by atoms with Crippen LogP contribution in [0.4, 0.5) is 0 Å². The zero-order valence-electron chi connectivity index (χ0n) is 9.03. The van der Waals surface area contributed by atoms with Crippen LogP contribution in [0.3, 0.4) is 0 Å². The van der Waals surface area contributed by atoms with Gasteiger partial charge in [0.1, 0.15) is 0 Å². The summed E-state index contributed by atoms with van der Waals surface area (Å²) in [5.74, 6) is 0.685. The van der Waals surface area contributed by atoms with Gasteiger partial charge < -0.3 is 5.32 Å². The van der Waals surface area contributed by atoms with E-state index in [1.54, 1.807) is 0 Å². The van der Waals surface area contributed by atoms with E-state index in [0.717, 1.165) is 25.3 Å². The molecular formula is C11H19N3. The third-order valence-corrected chi connectivity index (χ3v) is 1.87. The molecule has 1 aromatic heterocycles. The Bertz CT molecular complexity index is 276. The van der Waals surface area contributed by atoms with Gasteiger partial charge in [-0.15, -0.1) is 6.58 Å². The molecule has 0 atom stereocenters. The molecule has 0 radical (unpaired) electrons. The number of hydrogen-bond donors (Lipinski definition) is 1. The Morgan fingerprint density at radius 2 is 2.43 bits per heavy atom. The van der Waals surface area contributed by atoms with E-state index in [9.17, 15) is 0 Å². The summed E-state index contributed by atoms with van der Waals surface area (Å²) in [6.07, 6.45) is 3.83. The fraction of sp³-hybridized carbons (Fsp3) is 0.545. The third kappa shape index (κ3) is 3.75. The molecule has 1 heterocycles. The van der Waals surface area contributed by atoms with Crippen LogP contribution in [0.5, 0.6) is 0 Å². The van der Waals surface area contributed by atoms with Crippen molar-refractivity contribution >= 4 is 0 Å². The molecule has 0 aliphatic rings. The van der Waals surface area contributed by atoms with Gasteiger partial charge in [-0.1, -0.05) is 19.9 Å². The number of rotatable bonds is 6. The van der Waals surface area contributed by atoms with Crippen molar-refractivity contribution in [2.24, 2.45) is 5.92 Å². The highest BCUT2D eigenvalue weighted by Gasteiger charge is 1.98. The lowest BCUT2D eigenvalue weighted by Gasteiger charge is -2.04. The molecule has 0 aromatic carbocycles. The van der Waals surface area contributed by atoms with Crippen molar-refractivity contribution in [1.82, 2.24) is 15.1 Å². The van der Waals surface area contributed by atoms with Crippen molar-refractivity contribution in [3.05, 3.63) is 30.6 Å². The smallest absolute Gasteiger partial charge is 0.0762 e. The second kappa shape index (κ2) is 5.60. The molecule has 3 heteroatoms. The fourth-order valence-electron chi connectivity index (χ4n) is 1.22. The first-order chi connectivity index (χ1) is 6.72. The van der Waals surface area contributed by atoms with E-state index in [2.05, 4.69) is 30.8 Å². The SMILES string of the molecule is C=CCn1ccc(CNCC(C)C)n1. The van der Waals surface area contributed by atoms with Crippen LogP contribution in [0.1, 0.15) is 19.5 Å². The highest BCUT2D eigenvalue weighted by atomic mass is 15.3. The first-order valence-electron chi connectivity index (χ1n) is 5.06. The number of aromatic nitrogens is 2. The van der Waals surface area contributed by atoms with E-state index < -0.39 is 0 Å². The van der Waals surface area contributed by atoms with Crippen LogP contribution in [0.2, 0.25) is 0 Å². The monoisotopic (exact) mass is 193 g/mol.